The van der Waals surface area contributed by atoms with E-state index < -0.39 is 0 Å². The molecule has 13 rings (SSSR count). The minimum absolute atomic E-state index is 0.343. The number of aliphatic imine (C=N–C) groups is 2. The third-order valence-corrected chi connectivity index (χ3v) is 15.0. The Kier molecular flexibility index (Phi) is 8.71. The summed E-state index contributed by atoms with van der Waals surface area (Å²) in [5, 5.41) is 8.68. The molecule has 0 aliphatic carbocycles. The van der Waals surface area contributed by atoms with Crippen LogP contribution in [0.4, 0.5) is 0 Å². The number of hydrogen-bond acceptors (Lipinski definition) is 5. The summed E-state index contributed by atoms with van der Waals surface area (Å²) < 4.78 is 4.95. The zero-order chi connectivity index (χ0) is 42.1. The Labute approximate surface area is 378 Å². The third kappa shape index (κ3) is 6.03. The standard InChI is InChI=1S/C57H37N5S2/c1-4-16-36(17-5-1)39-22-14-24-41(34-39)61-47-28-12-10-26-43(47)45-30-32-49-53(51(45)61)63-50-33-31-46-44-27-11-13-29-48(44)62(52(46)54(50)64-49)42-25-15-23-40(35-42)57-59-55(37-18-6-2-7-19-37)58-56(60-57)38-20-8-3-9-21-38/h1-35,57H,(H,58,59,60). The van der Waals surface area contributed by atoms with Gasteiger partial charge >= 0.3 is 0 Å². The molecule has 9 aromatic carbocycles. The Morgan fingerprint density at radius 2 is 0.906 bits per heavy atom. The van der Waals surface area contributed by atoms with E-state index in [4.69, 9.17) is 9.98 Å². The maximum Gasteiger partial charge on any atom is 0.159 e. The van der Waals surface area contributed by atoms with Crippen molar-refractivity contribution in [3.8, 4) is 22.5 Å². The van der Waals surface area contributed by atoms with Crippen LogP contribution in [-0.2, 0) is 0 Å². The van der Waals surface area contributed by atoms with E-state index in [1.54, 1.807) is 0 Å². The van der Waals surface area contributed by atoms with E-state index in [1.807, 2.05) is 59.9 Å². The van der Waals surface area contributed by atoms with Crippen molar-refractivity contribution in [3.63, 3.8) is 0 Å². The van der Waals surface area contributed by atoms with Crippen molar-refractivity contribution < 1.29 is 0 Å². The highest BCUT2D eigenvalue weighted by atomic mass is 32.2. The Morgan fingerprint density at radius 3 is 1.52 bits per heavy atom. The smallest absolute Gasteiger partial charge is 0.159 e. The zero-order valence-corrected chi connectivity index (χ0v) is 36.0. The highest BCUT2D eigenvalue weighted by Gasteiger charge is 2.28. The van der Waals surface area contributed by atoms with Gasteiger partial charge in [0.05, 0.1) is 31.9 Å². The topological polar surface area (TPSA) is 46.6 Å². The molecule has 1 unspecified atom stereocenters. The van der Waals surface area contributed by atoms with Crippen LogP contribution in [0.15, 0.2) is 242 Å². The fourth-order valence-corrected chi connectivity index (χ4v) is 12.0. The maximum absolute atomic E-state index is 5.23. The molecule has 0 saturated heterocycles. The number of benzene rings is 9. The van der Waals surface area contributed by atoms with Crippen molar-refractivity contribution in [2.45, 2.75) is 25.7 Å². The summed E-state index contributed by atoms with van der Waals surface area (Å²) in [5.74, 6) is 1.52. The quantitative estimate of drug-likeness (QED) is 0.181. The first kappa shape index (κ1) is 37.0. The molecule has 2 aliphatic rings. The van der Waals surface area contributed by atoms with Crippen LogP contribution >= 0.6 is 23.5 Å². The summed E-state index contributed by atoms with van der Waals surface area (Å²) in [6.45, 7) is 0. The van der Waals surface area contributed by atoms with E-state index in [2.05, 4.69) is 190 Å². The second kappa shape index (κ2) is 15.1. The summed E-state index contributed by atoms with van der Waals surface area (Å²) in [5.41, 5.74) is 12.6. The molecule has 2 aromatic heterocycles. The van der Waals surface area contributed by atoms with Gasteiger partial charge in [0.1, 0.15) is 12.0 Å². The first-order valence-corrected chi connectivity index (χ1v) is 23.1. The maximum atomic E-state index is 5.23. The van der Waals surface area contributed by atoms with E-state index in [9.17, 15) is 0 Å². The molecule has 4 heterocycles. The molecule has 11 aromatic rings. The van der Waals surface area contributed by atoms with Crippen LogP contribution in [0.5, 0.6) is 0 Å². The van der Waals surface area contributed by atoms with E-state index in [1.165, 1.54) is 74.3 Å². The molecule has 5 nitrogen and oxygen atoms in total. The van der Waals surface area contributed by atoms with Crippen LogP contribution < -0.4 is 5.32 Å². The third-order valence-electron chi connectivity index (χ3n) is 12.4. The average molecular weight is 856 g/mol. The molecule has 0 spiro atoms. The fraction of sp³-hybridized carbons (Fsp3) is 0.0175. The minimum atomic E-state index is -0.343. The Bertz CT molecular complexity index is 3700. The molecule has 302 valence electrons. The summed E-state index contributed by atoms with van der Waals surface area (Å²) >= 11 is 3.78. The van der Waals surface area contributed by atoms with Gasteiger partial charge in [-0.15, -0.1) is 0 Å². The number of para-hydroxylation sites is 2. The predicted molar refractivity (Wildman–Crippen MR) is 267 cm³/mol. The Balaban J connectivity index is 0.961. The molecule has 2 aliphatic heterocycles. The molecule has 1 N–H and O–H groups in total. The Morgan fingerprint density at radius 1 is 0.406 bits per heavy atom. The second-order valence-electron chi connectivity index (χ2n) is 16.2. The van der Waals surface area contributed by atoms with Crippen LogP contribution in [0.3, 0.4) is 0 Å². The zero-order valence-electron chi connectivity index (χ0n) is 34.4. The van der Waals surface area contributed by atoms with Crippen LogP contribution in [-0.4, -0.2) is 20.8 Å². The van der Waals surface area contributed by atoms with Gasteiger partial charge in [-0.3, -0.25) is 0 Å². The van der Waals surface area contributed by atoms with Crippen molar-refractivity contribution in [2.24, 2.45) is 9.98 Å². The van der Waals surface area contributed by atoms with Crippen LogP contribution in [0.25, 0.3) is 66.1 Å². The lowest BCUT2D eigenvalue weighted by Gasteiger charge is -2.24. The highest BCUT2D eigenvalue weighted by molar-refractivity contribution is 8.05. The summed E-state index contributed by atoms with van der Waals surface area (Å²) in [6.07, 6.45) is -0.343. The molecule has 0 bridgehead atoms. The SMILES string of the molecule is c1ccc(C2=NC(c3cccc(-n4c5ccccc5c5ccc6c(c54)Sc4ccc5c7ccccc7n(-c7cccc(-c8ccccc8)c7)c5c4S6)c3)NC(c3ccccc3)=N2)cc1. The monoisotopic (exact) mass is 855 g/mol. The van der Waals surface area contributed by atoms with Gasteiger partial charge in [-0.1, -0.05) is 187 Å². The molecule has 7 heteroatoms. The highest BCUT2D eigenvalue weighted by Crippen LogP contribution is 2.55. The Hall–Kier alpha value is -7.58. The summed E-state index contributed by atoms with van der Waals surface area (Å²) in [6, 6.07) is 76.0. The number of rotatable bonds is 6. The number of nitrogens with one attached hydrogen (secondary N) is 1. The molecule has 0 amide bonds. The predicted octanol–water partition coefficient (Wildman–Crippen LogP) is 14.7. The van der Waals surface area contributed by atoms with E-state index in [0.29, 0.717) is 5.84 Å². The molecule has 0 saturated carbocycles. The van der Waals surface area contributed by atoms with Crippen LogP contribution in [0.2, 0.25) is 0 Å². The van der Waals surface area contributed by atoms with E-state index in [-0.39, 0.29) is 6.17 Å². The number of nitrogens with zero attached hydrogens (tertiary/aromatic N) is 4. The first-order valence-electron chi connectivity index (χ1n) is 21.5. The fourth-order valence-electron chi connectivity index (χ4n) is 9.50. The van der Waals surface area contributed by atoms with Gasteiger partial charge in [0.15, 0.2) is 5.84 Å². The second-order valence-corrected chi connectivity index (χ2v) is 18.3. The average Bonchev–Trinajstić information content (AvgIpc) is 3.90. The van der Waals surface area contributed by atoms with Crippen molar-refractivity contribution in [3.05, 3.63) is 229 Å². The lowest BCUT2D eigenvalue weighted by molar-refractivity contribution is 0.674. The van der Waals surface area contributed by atoms with Gasteiger partial charge in [-0.2, -0.15) is 0 Å². The largest absolute Gasteiger partial charge is 0.344 e. The van der Waals surface area contributed by atoms with E-state index in [0.717, 1.165) is 33.9 Å². The molecule has 1 atom stereocenters. The van der Waals surface area contributed by atoms with Gasteiger partial charge in [-0.25, -0.2) is 9.98 Å². The lowest BCUT2D eigenvalue weighted by Crippen LogP contribution is -2.33. The molecule has 0 fully saturated rings. The molecular formula is C57H37N5S2. The molecule has 0 radical (unpaired) electrons. The lowest BCUT2D eigenvalue weighted by atomic mass is 10.1. The van der Waals surface area contributed by atoms with Gasteiger partial charge in [-0.05, 0) is 65.2 Å². The van der Waals surface area contributed by atoms with Gasteiger partial charge in [0.2, 0.25) is 0 Å². The van der Waals surface area contributed by atoms with E-state index >= 15 is 0 Å². The van der Waals surface area contributed by atoms with Crippen molar-refractivity contribution >= 4 is 78.8 Å². The molecule has 64 heavy (non-hydrogen) atoms. The van der Waals surface area contributed by atoms with Gasteiger partial charge in [0.25, 0.3) is 0 Å². The van der Waals surface area contributed by atoms with Crippen LogP contribution in [0, 0.1) is 0 Å². The van der Waals surface area contributed by atoms with Crippen molar-refractivity contribution in [2.75, 3.05) is 0 Å². The number of hydrogen-bond donors (Lipinski definition) is 1. The normalized spacial score (nSPS) is 14.6. The number of amidine groups is 2. The summed E-state index contributed by atoms with van der Waals surface area (Å²) in [4.78, 5) is 15.3. The number of aromatic nitrogens is 2. The number of fused-ring (bicyclic) bond motifs is 10. The first-order chi connectivity index (χ1) is 31.7. The minimum Gasteiger partial charge on any atom is -0.344 e. The summed E-state index contributed by atoms with van der Waals surface area (Å²) in [7, 11) is 0. The van der Waals surface area contributed by atoms with Gasteiger partial charge in [0, 0.05) is 53.8 Å². The van der Waals surface area contributed by atoms with Crippen molar-refractivity contribution in [1.29, 1.82) is 0 Å². The van der Waals surface area contributed by atoms with Crippen molar-refractivity contribution in [1.82, 2.24) is 14.5 Å². The molecular weight excluding hydrogens is 819 g/mol. The van der Waals surface area contributed by atoms with Gasteiger partial charge < -0.3 is 14.5 Å². The van der Waals surface area contributed by atoms with Crippen LogP contribution in [0.1, 0.15) is 22.9 Å².